The summed E-state index contributed by atoms with van der Waals surface area (Å²) in [5.74, 6) is -0.00569. The second kappa shape index (κ2) is 10.9. The fourth-order valence-electron chi connectivity index (χ4n) is 4.91. The number of nitrogens with one attached hydrogen (secondary N) is 2. The molecule has 34 heavy (non-hydrogen) atoms. The molecule has 1 saturated heterocycles. The maximum atomic E-state index is 13.6. The Hall–Kier alpha value is -2.42. The topological polar surface area (TPSA) is 81.8 Å². The van der Waals surface area contributed by atoms with Gasteiger partial charge in [0.15, 0.2) is 0 Å². The van der Waals surface area contributed by atoms with Gasteiger partial charge in [-0.1, -0.05) is 50.1 Å². The minimum atomic E-state index is -3.84. The maximum absolute atomic E-state index is 13.6. The summed E-state index contributed by atoms with van der Waals surface area (Å²) in [4.78, 5) is 17.4. The normalized spacial score (nSPS) is 18.7. The Balaban J connectivity index is 1.62. The lowest BCUT2D eigenvalue weighted by molar-refractivity contribution is -0.119. The number of likely N-dealkylation sites (N-methyl/N-ethyl adjacent to an activating group) is 1. The van der Waals surface area contributed by atoms with E-state index < -0.39 is 10.0 Å². The Morgan fingerprint density at radius 3 is 2.35 bits per heavy atom. The Bertz CT molecular complexity index is 1080. The molecule has 1 atom stereocenters. The molecule has 2 aliphatic rings. The van der Waals surface area contributed by atoms with E-state index in [0.717, 1.165) is 64.0 Å². The molecule has 1 aliphatic carbocycles. The summed E-state index contributed by atoms with van der Waals surface area (Å²) in [5.41, 5.74) is 2.11. The van der Waals surface area contributed by atoms with Crippen molar-refractivity contribution in [2.24, 2.45) is 5.92 Å². The van der Waals surface area contributed by atoms with E-state index in [4.69, 9.17) is 0 Å². The van der Waals surface area contributed by atoms with Crippen LogP contribution >= 0.6 is 0 Å². The molecular weight excluding hydrogens is 448 g/mol. The highest BCUT2D eigenvalue weighted by Crippen LogP contribution is 2.32. The number of piperazine rings is 1. The first kappa shape index (κ1) is 24.7. The molecule has 1 amide bonds. The van der Waals surface area contributed by atoms with Crippen LogP contribution in [0.25, 0.3) is 0 Å². The zero-order valence-electron chi connectivity index (χ0n) is 20.2. The second-order valence-electron chi connectivity index (χ2n) is 9.33. The lowest BCUT2D eigenvalue weighted by Gasteiger charge is -2.36. The van der Waals surface area contributed by atoms with E-state index in [1.807, 2.05) is 49.4 Å². The summed E-state index contributed by atoms with van der Waals surface area (Å²) >= 11 is 0. The van der Waals surface area contributed by atoms with Gasteiger partial charge in [-0.3, -0.25) is 4.79 Å². The molecule has 0 spiro atoms. The van der Waals surface area contributed by atoms with Gasteiger partial charge in [0.2, 0.25) is 15.9 Å². The van der Waals surface area contributed by atoms with Crippen LogP contribution in [-0.4, -0.2) is 51.9 Å². The van der Waals surface area contributed by atoms with Gasteiger partial charge in [0.1, 0.15) is 4.90 Å². The summed E-state index contributed by atoms with van der Waals surface area (Å²) in [7, 11) is -3.84. The van der Waals surface area contributed by atoms with E-state index in [1.165, 1.54) is 0 Å². The Labute approximate surface area is 203 Å². The van der Waals surface area contributed by atoms with Crippen LogP contribution in [0, 0.1) is 5.92 Å². The number of nitrogens with zero attached hydrogens (tertiary/aromatic N) is 2. The van der Waals surface area contributed by atoms with Crippen molar-refractivity contribution in [2.75, 3.05) is 42.9 Å². The zero-order chi connectivity index (χ0) is 24.1. The average molecular weight is 485 g/mol. The second-order valence-corrected chi connectivity index (χ2v) is 11.0. The first-order valence-electron chi connectivity index (χ1n) is 12.4. The van der Waals surface area contributed by atoms with Crippen molar-refractivity contribution < 1.29 is 13.2 Å². The zero-order valence-corrected chi connectivity index (χ0v) is 21.0. The van der Waals surface area contributed by atoms with Crippen LogP contribution in [0.1, 0.15) is 51.1 Å². The molecule has 1 saturated carbocycles. The molecule has 7 nitrogen and oxygen atoms in total. The van der Waals surface area contributed by atoms with Gasteiger partial charge in [-0.15, -0.1) is 0 Å². The van der Waals surface area contributed by atoms with Crippen LogP contribution in [-0.2, 0) is 14.8 Å². The molecule has 0 aromatic heterocycles. The van der Waals surface area contributed by atoms with Gasteiger partial charge in [0.05, 0.1) is 5.69 Å². The van der Waals surface area contributed by atoms with Crippen LogP contribution < -0.4 is 14.9 Å². The summed E-state index contributed by atoms with van der Waals surface area (Å²) in [6.07, 6.45) is 3.93. The van der Waals surface area contributed by atoms with Crippen LogP contribution in [0.3, 0.4) is 0 Å². The standard InChI is InChI=1S/C26H36N4O3S/c1-3-29-15-17-30(18-16-29)24-14-13-23(27-26(31)22-11-7-8-12-22)19-25(24)34(32,33)28-20(2)21-9-5-4-6-10-21/h4-6,9-10,13-14,19-20,22,28H,3,7-8,11-12,15-18H2,1-2H3,(H,27,31). The fourth-order valence-corrected chi connectivity index (χ4v) is 6.39. The first-order valence-corrected chi connectivity index (χ1v) is 13.8. The lowest BCUT2D eigenvalue weighted by atomic mass is 10.1. The van der Waals surface area contributed by atoms with E-state index in [2.05, 4.69) is 26.8 Å². The molecule has 2 N–H and O–H groups in total. The average Bonchev–Trinajstić information content (AvgIpc) is 3.40. The number of hydrogen-bond acceptors (Lipinski definition) is 5. The molecular formula is C26H36N4O3S. The molecule has 0 bridgehead atoms. The number of amides is 1. The molecule has 2 aromatic rings. The molecule has 8 heteroatoms. The Morgan fingerprint density at radius 2 is 1.71 bits per heavy atom. The van der Waals surface area contributed by atoms with Crippen LogP contribution in [0.4, 0.5) is 11.4 Å². The summed E-state index contributed by atoms with van der Waals surface area (Å²) in [6, 6.07) is 14.4. The van der Waals surface area contributed by atoms with Gasteiger partial charge >= 0.3 is 0 Å². The predicted octanol–water partition coefficient (Wildman–Crippen LogP) is 4.00. The fraction of sp³-hybridized carbons (Fsp3) is 0.500. The first-order chi connectivity index (χ1) is 16.4. The quantitative estimate of drug-likeness (QED) is 0.592. The van der Waals surface area contributed by atoms with E-state index in [9.17, 15) is 13.2 Å². The van der Waals surface area contributed by atoms with Crippen molar-refractivity contribution in [3.05, 3.63) is 54.1 Å². The van der Waals surface area contributed by atoms with Gasteiger partial charge in [-0.25, -0.2) is 13.1 Å². The molecule has 184 valence electrons. The summed E-state index contributed by atoms with van der Waals surface area (Å²) < 4.78 is 30.1. The highest BCUT2D eigenvalue weighted by Gasteiger charge is 2.28. The van der Waals surface area contributed by atoms with E-state index in [0.29, 0.717) is 11.4 Å². The number of carbonyl (C=O) groups is 1. The van der Waals surface area contributed by atoms with Gasteiger partial charge in [0, 0.05) is 43.8 Å². The van der Waals surface area contributed by atoms with Crippen molar-refractivity contribution in [3.63, 3.8) is 0 Å². The van der Waals surface area contributed by atoms with Gasteiger partial charge in [0.25, 0.3) is 0 Å². The van der Waals surface area contributed by atoms with Crippen molar-refractivity contribution in [1.29, 1.82) is 0 Å². The largest absolute Gasteiger partial charge is 0.368 e. The molecule has 2 fully saturated rings. The Kier molecular flexibility index (Phi) is 7.91. The molecule has 4 rings (SSSR count). The highest BCUT2D eigenvalue weighted by molar-refractivity contribution is 7.89. The van der Waals surface area contributed by atoms with E-state index >= 15 is 0 Å². The van der Waals surface area contributed by atoms with Gasteiger partial charge < -0.3 is 15.1 Å². The minimum absolute atomic E-state index is 0.0121. The number of benzene rings is 2. The monoisotopic (exact) mass is 484 g/mol. The molecule has 1 heterocycles. The van der Waals surface area contributed by atoms with Crippen LogP contribution in [0.5, 0.6) is 0 Å². The van der Waals surface area contributed by atoms with Crippen molar-refractivity contribution in [2.45, 2.75) is 50.5 Å². The minimum Gasteiger partial charge on any atom is -0.368 e. The summed E-state index contributed by atoms with van der Waals surface area (Å²) in [5, 5.41) is 2.97. The van der Waals surface area contributed by atoms with Crippen molar-refractivity contribution >= 4 is 27.3 Å². The van der Waals surface area contributed by atoms with Crippen LogP contribution in [0.15, 0.2) is 53.4 Å². The Morgan fingerprint density at radius 1 is 1.03 bits per heavy atom. The number of rotatable bonds is 8. The van der Waals surface area contributed by atoms with Gasteiger partial charge in [-0.2, -0.15) is 0 Å². The molecule has 0 radical (unpaired) electrons. The number of sulfonamides is 1. The van der Waals surface area contributed by atoms with Crippen molar-refractivity contribution in [3.8, 4) is 0 Å². The van der Waals surface area contributed by atoms with Gasteiger partial charge in [-0.05, 0) is 50.1 Å². The number of hydrogen-bond donors (Lipinski definition) is 2. The van der Waals surface area contributed by atoms with E-state index in [1.54, 1.807) is 6.07 Å². The highest BCUT2D eigenvalue weighted by atomic mass is 32.2. The predicted molar refractivity (Wildman–Crippen MR) is 137 cm³/mol. The molecule has 1 aliphatic heterocycles. The maximum Gasteiger partial charge on any atom is 0.243 e. The SMILES string of the molecule is CCN1CCN(c2ccc(NC(=O)C3CCCC3)cc2S(=O)(=O)NC(C)c2ccccc2)CC1. The third-order valence-corrected chi connectivity index (χ3v) is 8.60. The smallest absolute Gasteiger partial charge is 0.243 e. The van der Waals surface area contributed by atoms with E-state index in [-0.39, 0.29) is 22.8 Å². The molecule has 2 aromatic carbocycles. The third-order valence-electron chi connectivity index (χ3n) is 7.03. The lowest BCUT2D eigenvalue weighted by Crippen LogP contribution is -2.46. The summed E-state index contributed by atoms with van der Waals surface area (Å²) in [6.45, 7) is 8.28. The van der Waals surface area contributed by atoms with Crippen molar-refractivity contribution in [1.82, 2.24) is 9.62 Å². The van der Waals surface area contributed by atoms with Crippen LogP contribution in [0.2, 0.25) is 0 Å². The molecule has 1 unspecified atom stereocenters. The number of carbonyl (C=O) groups excluding carboxylic acids is 1. The third kappa shape index (κ3) is 5.79. The number of anilines is 2.